The third kappa shape index (κ3) is 4.25. The van der Waals surface area contributed by atoms with E-state index in [0.29, 0.717) is 10.9 Å². The molecule has 0 aliphatic carbocycles. The lowest BCUT2D eigenvalue weighted by Crippen LogP contribution is -2.32. The molecular formula is C18H21ClN2O. The SMILES string of the molecule is CC(Nc1ccc(Cl)cc1)C(=O)Nc1ccccc1C(C)C. The minimum atomic E-state index is -0.346. The third-order valence-electron chi connectivity index (χ3n) is 3.46. The monoisotopic (exact) mass is 316 g/mol. The number of carbonyl (C=O) groups excluding carboxylic acids is 1. The van der Waals surface area contributed by atoms with Gasteiger partial charge < -0.3 is 10.6 Å². The summed E-state index contributed by atoms with van der Waals surface area (Å²) in [5.41, 5.74) is 2.87. The first-order chi connectivity index (χ1) is 10.5. The Balaban J connectivity index is 2.04. The molecule has 0 fully saturated rings. The van der Waals surface area contributed by atoms with Gasteiger partial charge in [-0.3, -0.25) is 4.79 Å². The average molecular weight is 317 g/mol. The van der Waals surface area contributed by atoms with E-state index < -0.39 is 0 Å². The summed E-state index contributed by atoms with van der Waals surface area (Å²) in [7, 11) is 0. The van der Waals surface area contributed by atoms with Crippen LogP contribution in [-0.2, 0) is 4.79 Å². The number of carbonyl (C=O) groups is 1. The molecule has 0 spiro atoms. The lowest BCUT2D eigenvalue weighted by Gasteiger charge is -2.18. The number of hydrogen-bond donors (Lipinski definition) is 2. The van der Waals surface area contributed by atoms with Crippen LogP contribution in [0.25, 0.3) is 0 Å². The standard InChI is InChI=1S/C18H21ClN2O/c1-12(2)16-6-4-5-7-17(16)21-18(22)13(3)20-15-10-8-14(19)9-11-15/h4-13,20H,1-3H3,(H,21,22). The van der Waals surface area contributed by atoms with Crippen molar-refractivity contribution >= 4 is 28.9 Å². The molecule has 0 radical (unpaired) electrons. The van der Waals surface area contributed by atoms with Gasteiger partial charge in [0.2, 0.25) is 5.91 Å². The minimum absolute atomic E-state index is 0.0666. The zero-order chi connectivity index (χ0) is 16.1. The van der Waals surface area contributed by atoms with Crippen molar-refractivity contribution in [3.8, 4) is 0 Å². The molecule has 2 N–H and O–H groups in total. The van der Waals surface area contributed by atoms with Gasteiger partial charge in [-0.2, -0.15) is 0 Å². The van der Waals surface area contributed by atoms with Gasteiger partial charge in [-0.05, 0) is 48.7 Å². The maximum atomic E-state index is 12.4. The zero-order valence-corrected chi connectivity index (χ0v) is 13.8. The Morgan fingerprint density at radius 2 is 1.64 bits per heavy atom. The molecule has 0 saturated heterocycles. The molecule has 1 unspecified atom stereocenters. The molecule has 2 aromatic rings. The molecule has 116 valence electrons. The van der Waals surface area contributed by atoms with E-state index in [1.54, 1.807) is 12.1 Å². The highest BCUT2D eigenvalue weighted by Gasteiger charge is 2.15. The maximum Gasteiger partial charge on any atom is 0.246 e. The highest BCUT2D eigenvalue weighted by atomic mass is 35.5. The van der Waals surface area contributed by atoms with E-state index in [1.165, 1.54) is 0 Å². The molecule has 4 heteroatoms. The van der Waals surface area contributed by atoms with Crippen molar-refractivity contribution in [2.45, 2.75) is 32.7 Å². The van der Waals surface area contributed by atoms with Gasteiger partial charge >= 0.3 is 0 Å². The summed E-state index contributed by atoms with van der Waals surface area (Å²) >= 11 is 5.86. The second-order valence-corrected chi connectivity index (χ2v) is 6.04. The third-order valence-corrected chi connectivity index (χ3v) is 3.71. The number of halogens is 1. The highest BCUT2D eigenvalue weighted by Crippen LogP contribution is 2.24. The molecule has 0 aromatic heterocycles. The lowest BCUT2D eigenvalue weighted by atomic mass is 10.0. The maximum absolute atomic E-state index is 12.4. The predicted octanol–water partition coefficient (Wildman–Crippen LogP) is 4.90. The summed E-state index contributed by atoms with van der Waals surface area (Å²) in [6.45, 7) is 6.06. The van der Waals surface area contributed by atoms with Crippen molar-refractivity contribution in [1.82, 2.24) is 0 Å². The van der Waals surface area contributed by atoms with Crippen molar-refractivity contribution in [3.05, 3.63) is 59.1 Å². The first-order valence-corrected chi connectivity index (χ1v) is 7.77. The van der Waals surface area contributed by atoms with Crippen LogP contribution in [0, 0.1) is 0 Å². The van der Waals surface area contributed by atoms with Crippen molar-refractivity contribution in [2.24, 2.45) is 0 Å². The Bertz CT molecular complexity index is 638. The van der Waals surface area contributed by atoms with Gasteiger partial charge in [-0.25, -0.2) is 0 Å². The quantitative estimate of drug-likeness (QED) is 0.823. The lowest BCUT2D eigenvalue weighted by molar-refractivity contribution is -0.116. The minimum Gasteiger partial charge on any atom is -0.374 e. The van der Waals surface area contributed by atoms with Gasteiger partial charge in [0.25, 0.3) is 0 Å². The fraction of sp³-hybridized carbons (Fsp3) is 0.278. The van der Waals surface area contributed by atoms with Crippen LogP contribution in [0.5, 0.6) is 0 Å². The van der Waals surface area contributed by atoms with E-state index in [1.807, 2.05) is 43.3 Å². The van der Waals surface area contributed by atoms with Crippen LogP contribution < -0.4 is 10.6 Å². The molecule has 3 nitrogen and oxygen atoms in total. The molecule has 22 heavy (non-hydrogen) atoms. The molecule has 1 atom stereocenters. The molecule has 0 saturated carbocycles. The fourth-order valence-electron chi connectivity index (χ4n) is 2.22. The predicted molar refractivity (Wildman–Crippen MR) is 93.7 cm³/mol. The molecule has 2 aromatic carbocycles. The number of rotatable bonds is 5. The Morgan fingerprint density at radius 3 is 2.27 bits per heavy atom. The molecular weight excluding hydrogens is 296 g/mol. The van der Waals surface area contributed by atoms with Crippen molar-refractivity contribution in [3.63, 3.8) is 0 Å². The fourth-order valence-corrected chi connectivity index (χ4v) is 2.34. The van der Waals surface area contributed by atoms with Gasteiger partial charge in [0.05, 0.1) is 0 Å². The summed E-state index contributed by atoms with van der Waals surface area (Å²) in [4.78, 5) is 12.4. The van der Waals surface area contributed by atoms with Crippen LogP contribution in [-0.4, -0.2) is 11.9 Å². The van der Waals surface area contributed by atoms with Crippen molar-refractivity contribution in [2.75, 3.05) is 10.6 Å². The first kappa shape index (κ1) is 16.4. The van der Waals surface area contributed by atoms with Crippen LogP contribution in [0.2, 0.25) is 5.02 Å². The second-order valence-electron chi connectivity index (χ2n) is 5.60. The van der Waals surface area contributed by atoms with Crippen LogP contribution in [0.4, 0.5) is 11.4 Å². The number of amides is 1. The number of benzene rings is 2. The highest BCUT2D eigenvalue weighted by molar-refractivity contribution is 6.30. The van der Waals surface area contributed by atoms with Gasteiger partial charge in [-0.15, -0.1) is 0 Å². The molecule has 1 amide bonds. The second kappa shape index (κ2) is 7.32. The number of anilines is 2. The van der Waals surface area contributed by atoms with E-state index in [9.17, 15) is 4.79 Å². The van der Waals surface area contributed by atoms with Gasteiger partial charge in [0.15, 0.2) is 0 Å². The Labute approximate surface area is 136 Å². The molecule has 0 aliphatic rings. The summed E-state index contributed by atoms with van der Waals surface area (Å²) in [6, 6.07) is 14.8. The Kier molecular flexibility index (Phi) is 5.45. The molecule has 2 rings (SSSR count). The smallest absolute Gasteiger partial charge is 0.246 e. The normalized spacial score (nSPS) is 12.0. The topological polar surface area (TPSA) is 41.1 Å². The van der Waals surface area contributed by atoms with E-state index in [2.05, 4.69) is 24.5 Å². The summed E-state index contributed by atoms with van der Waals surface area (Å²) < 4.78 is 0. The Hall–Kier alpha value is -2.00. The van der Waals surface area contributed by atoms with Gasteiger partial charge in [0.1, 0.15) is 6.04 Å². The van der Waals surface area contributed by atoms with Crippen LogP contribution in [0.3, 0.4) is 0 Å². The Morgan fingerprint density at radius 1 is 1.00 bits per heavy atom. The number of hydrogen-bond acceptors (Lipinski definition) is 2. The van der Waals surface area contributed by atoms with Crippen LogP contribution in [0.15, 0.2) is 48.5 Å². The van der Waals surface area contributed by atoms with Crippen molar-refractivity contribution in [1.29, 1.82) is 0 Å². The van der Waals surface area contributed by atoms with Crippen LogP contribution in [0.1, 0.15) is 32.3 Å². The zero-order valence-electron chi connectivity index (χ0n) is 13.1. The summed E-state index contributed by atoms with van der Waals surface area (Å²) in [5.74, 6) is 0.291. The number of para-hydroxylation sites is 1. The van der Waals surface area contributed by atoms with E-state index >= 15 is 0 Å². The van der Waals surface area contributed by atoms with Crippen molar-refractivity contribution < 1.29 is 4.79 Å². The molecule has 0 heterocycles. The average Bonchev–Trinajstić information content (AvgIpc) is 2.49. The molecule has 0 bridgehead atoms. The molecule has 0 aliphatic heterocycles. The number of nitrogens with one attached hydrogen (secondary N) is 2. The van der Waals surface area contributed by atoms with Crippen LogP contribution >= 0.6 is 11.6 Å². The summed E-state index contributed by atoms with van der Waals surface area (Å²) in [6.07, 6.45) is 0. The van der Waals surface area contributed by atoms with Gasteiger partial charge in [0, 0.05) is 16.4 Å². The van der Waals surface area contributed by atoms with Gasteiger partial charge in [-0.1, -0.05) is 43.6 Å². The first-order valence-electron chi connectivity index (χ1n) is 7.39. The van der Waals surface area contributed by atoms with E-state index in [-0.39, 0.29) is 11.9 Å². The summed E-state index contributed by atoms with van der Waals surface area (Å²) in [5, 5.41) is 6.84. The largest absolute Gasteiger partial charge is 0.374 e. The van der Waals surface area contributed by atoms with E-state index in [4.69, 9.17) is 11.6 Å². The van der Waals surface area contributed by atoms with E-state index in [0.717, 1.165) is 16.9 Å².